The molecule has 0 aliphatic carbocycles. The predicted molar refractivity (Wildman–Crippen MR) is 129 cm³/mol. The Morgan fingerprint density at radius 2 is 1.85 bits per heavy atom. The van der Waals surface area contributed by atoms with E-state index in [2.05, 4.69) is 15.4 Å². The number of aryl methyl sites for hydroxylation is 1. The summed E-state index contributed by atoms with van der Waals surface area (Å²) in [5.74, 6) is -0.796. The number of hydrogen-bond donors (Lipinski definition) is 2. The number of primary amides is 1. The van der Waals surface area contributed by atoms with Gasteiger partial charge >= 0.3 is 0 Å². The predicted octanol–water partition coefficient (Wildman–Crippen LogP) is 2.07. The second-order valence-electron chi connectivity index (χ2n) is 8.72. The van der Waals surface area contributed by atoms with Crippen molar-refractivity contribution in [2.75, 3.05) is 24.7 Å². The summed E-state index contributed by atoms with van der Waals surface area (Å²) in [5.41, 5.74) is 8.41. The van der Waals surface area contributed by atoms with Crippen LogP contribution in [0.1, 0.15) is 45.1 Å². The minimum Gasteiger partial charge on any atom is -0.366 e. The molecule has 1 saturated heterocycles. The zero-order valence-electron chi connectivity index (χ0n) is 19.4. The van der Waals surface area contributed by atoms with Gasteiger partial charge in [-0.05, 0) is 44.7 Å². The van der Waals surface area contributed by atoms with Gasteiger partial charge in [0.15, 0.2) is 0 Å². The standard InChI is InChI=1S/C23H28N6O4S/c1-14-21(15(2)29(27-14)13-16-8-10-28(11-9-16)34(3,32)33)26-23(31)20-12-18(22(24)30)17-6-4-5-7-19(17)25-20/h4-7,12,16H,8-11,13H2,1-3H3,(H2,24,30)(H,26,31). The number of piperidine rings is 1. The van der Waals surface area contributed by atoms with Gasteiger partial charge < -0.3 is 11.1 Å². The molecule has 3 aromatic rings. The molecule has 0 spiro atoms. The van der Waals surface area contributed by atoms with Crippen LogP contribution in [0.2, 0.25) is 0 Å². The Kier molecular flexibility index (Phi) is 6.41. The van der Waals surface area contributed by atoms with E-state index in [-0.39, 0.29) is 11.3 Å². The number of aromatic nitrogens is 3. The minimum absolute atomic E-state index is 0.0900. The molecule has 3 heterocycles. The number of amides is 2. The van der Waals surface area contributed by atoms with Crippen LogP contribution in [-0.2, 0) is 16.6 Å². The van der Waals surface area contributed by atoms with Crippen LogP contribution in [0.15, 0.2) is 30.3 Å². The van der Waals surface area contributed by atoms with Crippen molar-refractivity contribution in [2.24, 2.45) is 11.7 Å². The van der Waals surface area contributed by atoms with Gasteiger partial charge in [0.25, 0.3) is 5.91 Å². The molecule has 1 aromatic carbocycles. The van der Waals surface area contributed by atoms with E-state index >= 15 is 0 Å². The number of rotatable bonds is 6. The first-order chi connectivity index (χ1) is 16.0. The number of nitrogens with two attached hydrogens (primary N) is 1. The van der Waals surface area contributed by atoms with Gasteiger partial charge in [0.1, 0.15) is 5.69 Å². The van der Waals surface area contributed by atoms with Crippen LogP contribution in [0, 0.1) is 19.8 Å². The first-order valence-corrected chi connectivity index (χ1v) is 12.9. The first kappa shape index (κ1) is 23.8. The van der Waals surface area contributed by atoms with E-state index in [0.717, 1.165) is 18.5 Å². The van der Waals surface area contributed by atoms with Gasteiger partial charge in [0.2, 0.25) is 15.9 Å². The molecule has 11 heteroatoms. The largest absolute Gasteiger partial charge is 0.366 e. The van der Waals surface area contributed by atoms with Crippen LogP contribution in [-0.4, -0.2) is 58.6 Å². The number of hydrogen-bond acceptors (Lipinski definition) is 6. The van der Waals surface area contributed by atoms with Crippen molar-refractivity contribution in [1.29, 1.82) is 0 Å². The lowest BCUT2D eigenvalue weighted by molar-refractivity contribution is 0.100. The van der Waals surface area contributed by atoms with Gasteiger partial charge in [-0.2, -0.15) is 5.10 Å². The van der Waals surface area contributed by atoms with E-state index in [9.17, 15) is 18.0 Å². The van der Waals surface area contributed by atoms with Gasteiger partial charge in [-0.15, -0.1) is 0 Å². The fraction of sp³-hybridized carbons (Fsp3) is 0.391. The zero-order valence-corrected chi connectivity index (χ0v) is 20.2. The summed E-state index contributed by atoms with van der Waals surface area (Å²) in [5, 5.41) is 8.07. The van der Waals surface area contributed by atoms with E-state index in [0.29, 0.717) is 47.8 Å². The summed E-state index contributed by atoms with van der Waals surface area (Å²) >= 11 is 0. The van der Waals surface area contributed by atoms with Crippen molar-refractivity contribution in [1.82, 2.24) is 19.1 Å². The van der Waals surface area contributed by atoms with E-state index in [1.54, 1.807) is 24.3 Å². The van der Waals surface area contributed by atoms with Crippen molar-refractivity contribution in [3.05, 3.63) is 53.0 Å². The number of anilines is 1. The monoisotopic (exact) mass is 484 g/mol. The topological polar surface area (TPSA) is 140 Å². The zero-order chi connectivity index (χ0) is 24.6. The average Bonchev–Trinajstić information content (AvgIpc) is 3.05. The highest BCUT2D eigenvalue weighted by Gasteiger charge is 2.26. The smallest absolute Gasteiger partial charge is 0.274 e. The molecular formula is C23H28N6O4S. The molecule has 1 aliphatic heterocycles. The molecule has 0 radical (unpaired) electrons. The molecule has 0 bridgehead atoms. The van der Waals surface area contributed by atoms with Gasteiger partial charge in [-0.25, -0.2) is 17.7 Å². The van der Waals surface area contributed by atoms with Crippen LogP contribution >= 0.6 is 0 Å². The highest BCUT2D eigenvalue weighted by molar-refractivity contribution is 7.88. The van der Waals surface area contributed by atoms with Crippen LogP contribution in [0.25, 0.3) is 10.9 Å². The third kappa shape index (κ3) is 4.80. The Hall–Kier alpha value is -3.31. The number of pyridine rings is 1. The number of nitrogens with zero attached hydrogens (tertiary/aromatic N) is 4. The molecule has 180 valence electrons. The van der Waals surface area contributed by atoms with Gasteiger partial charge in [0, 0.05) is 25.0 Å². The van der Waals surface area contributed by atoms with Gasteiger partial charge in [-0.3, -0.25) is 14.3 Å². The van der Waals surface area contributed by atoms with E-state index in [1.165, 1.54) is 16.6 Å². The number of para-hydroxylation sites is 1. The molecule has 0 atom stereocenters. The molecule has 0 saturated carbocycles. The summed E-state index contributed by atoms with van der Waals surface area (Å²) in [7, 11) is -3.17. The maximum atomic E-state index is 13.0. The molecule has 34 heavy (non-hydrogen) atoms. The van der Waals surface area contributed by atoms with Crippen LogP contribution in [0.5, 0.6) is 0 Å². The van der Waals surface area contributed by atoms with Crippen LogP contribution in [0.4, 0.5) is 5.69 Å². The molecular weight excluding hydrogens is 456 g/mol. The lowest BCUT2D eigenvalue weighted by atomic mass is 9.98. The third-order valence-corrected chi connectivity index (χ3v) is 7.61. The number of fused-ring (bicyclic) bond motifs is 1. The van der Waals surface area contributed by atoms with Crippen molar-refractivity contribution < 1.29 is 18.0 Å². The first-order valence-electron chi connectivity index (χ1n) is 11.0. The van der Waals surface area contributed by atoms with Gasteiger partial charge in [-0.1, -0.05) is 18.2 Å². The number of nitrogens with one attached hydrogen (secondary N) is 1. The molecule has 2 aromatic heterocycles. The molecule has 1 aliphatic rings. The Morgan fingerprint density at radius 3 is 2.50 bits per heavy atom. The Morgan fingerprint density at radius 1 is 1.18 bits per heavy atom. The quantitative estimate of drug-likeness (QED) is 0.549. The number of carbonyl (C=O) groups is 2. The molecule has 3 N–H and O–H groups in total. The van der Waals surface area contributed by atoms with E-state index in [1.807, 2.05) is 18.5 Å². The van der Waals surface area contributed by atoms with Gasteiger partial charge in [0.05, 0.1) is 34.4 Å². The average molecular weight is 485 g/mol. The van der Waals surface area contributed by atoms with Crippen molar-refractivity contribution in [3.8, 4) is 0 Å². The third-order valence-electron chi connectivity index (χ3n) is 6.31. The van der Waals surface area contributed by atoms with E-state index < -0.39 is 21.8 Å². The lowest BCUT2D eigenvalue weighted by Crippen LogP contribution is -2.38. The van der Waals surface area contributed by atoms with Crippen molar-refractivity contribution >= 4 is 38.4 Å². The van der Waals surface area contributed by atoms with Crippen LogP contribution in [0.3, 0.4) is 0 Å². The number of carbonyl (C=O) groups excluding carboxylic acids is 2. The normalized spacial score (nSPS) is 15.5. The fourth-order valence-corrected chi connectivity index (χ4v) is 5.27. The van der Waals surface area contributed by atoms with Crippen molar-refractivity contribution in [3.63, 3.8) is 0 Å². The Labute approximate surface area is 198 Å². The summed E-state index contributed by atoms with van der Waals surface area (Å²) in [4.78, 5) is 29.4. The molecule has 4 rings (SSSR count). The molecule has 1 fully saturated rings. The minimum atomic E-state index is -3.17. The number of sulfonamides is 1. The Balaban J connectivity index is 1.52. The van der Waals surface area contributed by atoms with Crippen LogP contribution < -0.4 is 11.1 Å². The maximum absolute atomic E-state index is 13.0. The van der Waals surface area contributed by atoms with E-state index in [4.69, 9.17) is 5.73 Å². The highest BCUT2D eigenvalue weighted by Crippen LogP contribution is 2.26. The number of benzene rings is 1. The Bertz CT molecular complexity index is 1370. The fourth-order valence-electron chi connectivity index (χ4n) is 4.40. The summed E-state index contributed by atoms with van der Waals surface area (Å²) in [6.07, 6.45) is 2.74. The highest BCUT2D eigenvalue weighted by atomic mass is 32.2. The summed E-state index contributed by atoms with van der Waals surface area (Å²) in [6, 6.07) is 8.43. The molecule has 0 unspecified atom stereocenters. The second-order valence-corrected chi connectivity index (χ2v) is 10.7. The lowest BCUT2D eigenvalue weighted by Gasteiger charge is -2.30. The SMILES string of the molecule is Cc1nn(CC2CCN(S(C)(=O)=O)CC2)c(C)c1NC(=O)c1cc(C(N)=O)c2ccccc2n1. The van der Waals surface area contributed by atoms with Crippen molar-refractivity contribution in [2.45, 2.75) is 33.2 Å². The second kappa shape index (κ2) is 9.15. The molecule has 10 nitrogen and oxygen atoms in total. The summed E-state index contributed by atoms with van der Waals surface area (Å²) in [6.45, 7) is 5.34. The maximum Gasteiger partial charge on any atom is 0.274 e. The summed E-state index contributed by atoms with van der Waals surface area (Å²) < 4.78 is 26.8. The molecule has 2 amide bonds.